The second kappa shape index (κ2) is 8.78. The molecule has 1 aliphatic rings. The molecular formula is C18H29N3O3S. The van der Waals surface area contributed by atoms with Gasteiger partial charge in [0, 0.05) is 25.0 Å². The van der Waals surface area contributed by atoms with Gasteiger partial charge in [-0.15, -0.1) is 0 Å². The monoisotopic (exact) mass is 367 g/mol. The predicted octanol–water partition coefficient (Wildman–Crippen LogP) is 1.62. The fraction of sp³-hybridized carbons (Fsp3) is 0.611. The number of likely N-dealkylation sites (tertiary alicyclic amines) is 1. The van der Waals surface area contributed by atoms with E-state index in [4.69, 9.17) is 5.73 Å². The van der Waals surface area contributed by atoms with Gasteiger partial charge in [0.15, 0.2) is 0 Å². The molecule has 1 aliphatic heterocycles. The molecular weight excluding hydrogens is 338 g/mol. The maximum atomic E-state index is 12.0. The zero-order chi connectivity index (χ0) is 18.4. The second-order valence-corrected chi connectivity index (χ2v) is 9.45. The minimum absolute atomic E-state index is 0.0885. The molecule has 25 heavy (non-hydrogen) atoms. The molecule has 1 heterocycles. The lowest BCUT2D eigenvalue weighted by molar-refractivity contribution is -0.117. The van der Waals surface area contributed by atoms with Crippen molar-refractivity contribution in [2.75, 3.05) is 30.4 Å². The van der Waals surface area contributed by atoms with E-state index in [0.29, 0.717) is 5.69 Å². The molecule has 1 saturated heterocycles. The number of nitrogens with zero attached hydrogens (tertiary/aromatic N) is 1. The number of nitrogens with two attached hydrogens (primary N) is 1. The van der Waals surface area contributed by atoms with Gasteiger partial charge in [-0.3, -0.25) is 9.69 Å². The number of hydrogen-bond acceptors (Lipinski definition) is 5. The molecule has 140 valence electrons. The molecule has 1 amide bonds. The molecule has 2 atom stereocenters. The Hall–Kier alpha value is -1.44. The summed E-state index contributed by atoms with van der Waals surface area (Å²) in [6.45, 7) is 5.48. The van der Waals surface area contributed by atoms with E-state index < -0.39 is 15.9 Å². The van der Waals surface area contributed by atoms with Gasteiger partial charge in [-0.1, -0.05) is 19.1 Å². The lowest BCUT2D eigenvalue weighted by Crippen LogP contribution is -2.37. The summed E-state index contributed by atoms with van der Waals surface area (Å²) in [6, 6.07) is 6.92. The van der Waals surface area contributed by atoms with Crippen molar-refractivity contribution < 1.29 is 13.2 Å². The Morgan fingerprint density at radius 2 is 2.04 bits per heavy atom. The number of anilines is 1. The summed E-state index contributed by atoms with van der Waals surface area (Å²) in [5, 5.41) is 2.74. The van der Waals surface area contributed by atoms with Crippen LogP contribution in [0.2, 0.25) is 0 Å². The van der Waals surface area contributed by atoms with Crippen molar-refractivity contribution in [2.45, 2.75) is 38.8 Å². The smallest absolute Gasteiger partial charge is 0.241 e. The number of sulfone groups is 1. The van der Waals surface area contributed by atoms with Crippen molar-refractivity contribution in [1.29, 1.82) is 0 Å². The van der Waals surface area contributed by atoms with Crippen LogP contribution in [0.15, 0.2) is 24.3 Å². The average molecular weight is 368 g/mol. The zero-order valence-corrected chi connectivity index (χ0v) is 15.9. The van der Waals surface area contributed by atoms with E-state index >= 15 is 0 Å². The van der Waals surface area contributed by atoms with Gasteiger partial charge in [-0.25, -0.2) is 8.42 Å². The quantitative estimate of drug-likeness (QED) is 0.764. The highest BCUT2D eigenvalue weighted by Crippen LogP contribution is 2.18. The van der Waals surface area contributed by atoms with Crippen molar-refractivity contribution in [1.82, 2.24) is 4.90 Å². The zero-order valence-electron chi connectivity index (χ0n) is 15.1. The third-order valence-corrected chi connectivity index (χ3v) is 5.48. The van der Waals surface area contributed by atoms with E-state index in [9.17, 15) is 13.2 Å². The summed E-state index contributed by atoms with van der Waals surface area (Å²) >= 11 is 0. The largest absolute Gasteiger partial charge is 0.325 e. The van der Waals surface area contributed by atoms with Gasteiger partial charge in [0.25, 0.3) is 0 Å². The van der Waals surface area contributed by atoms with Crippen molar-refractivity contribution in [3.05, 3.63) is 29.8 Å². The predicted molar refractivity (Wildman–Crippen MR) is 101 cm³/mol. The van der Waals surface area contributed by atoms with E-state index in [1.54, 1.807) is 0 Å². The van der Waals surface area contributed by atoms with E-state index in [1.165, 1.54) is 18.4 Å². The van der Waals surface area contributed by atoms with Crippen molar-refractivity contribution in [3.63, 3.8) is 0 Å². The van der Waals surface area contributed by atoms with Crippen LogP contribution in [0.3, 0.4) is 0 Å². The minimum atomic E-state index is -3.11. The van der Waals surface area contributed by atoms with Crippen LogP contribution >= 0.6 is 0 Å². The van der Waals surface area contributed by atoms with E-state index in [1.807, 2.05) is 24.3 Å². The van der Waals surface area contributed by atoms with Gasteiger partial charge < -0.3 is 11.1 Å². The molecule has 1 aromatic carbocycles. The molecule has 0 spiro atoms. The molecule has 3 N–H and O–H groups in total. The van der Waals surface area contributed by atoms with Crippen LogP contribution in [0, 0.1) is 5.92 Å². The molecule has 2 unspecified atom stereocenters. The Labute approximate surface area is 150 Å². The molecule has 1 fully saturated rings. The van der Waals surface area contributed by atoms with Gasteiger partial charge in [0.05, 0.1) is 11.8 Å². The molecule has 0 saturated carbocycles. The van der Waals surface area contributed by atoms with Crippen molar-refractivity contribution >= 4 is 21.4 Å². The second-order valence-electron chi connectivity index (χ2n) is 7.19. The first-order valence-electron chi connectivity index (χ1n) is 8.78. The van der Waals surface area contributed by atoms with Crippen LogP contribution in [0.25, 0.3) is 0 Å². The molecule has 6 nitrogen and oxygen atoms in total. The highest BCUT2D eigenvalue weighted by molar-refractivity contribution is 7.90. The van der Waals surface area contributed by atoms with E-state index in [-0.39, 0.29) is 18.1 Å². The fourth-order valence-corrected chi connectivity index (χ4v) is 3.77. The maximum Gasteiger partial charge on any atom is 0.241 e. The third kappa shape index (κ3) is 7.13. The summed E-state index contributed by atoms with van der Waals surface area (Å²) in [6.07, 6.45) is 3.82. The van der Waals surface area contributed by atoms with Crippen LogP contribution in [-0.4, -0.2) is 50.4 Å². The number of benzene rings is 1. The van der Waals surface area contributed by atoms with Crippen LogP contribution in [0.5, 0.6) is 0 Å². The van der Waals surface area contributed by atoms with Crippen molar-refractivity contribution in [3.8, 4) is 0 Å². The van der Waals surface area contributed by atoms with E-state index in [0.717, 1.165) is 31.8 Å². The van der Waals surface area contributed by atoms with Crippen LogP contribution < -0.4 is 11.1 Å². The summed E-state index contributed by atoms with van der Waals surface area (Å²) in [7, 11) is -3.11. The number of carbonyl (C=O) groups excluding carboxylic acids is 1. The molecule has 0 bridgehead atoms. The fourth-order valence-electron chi connectivity index (χ4n) is 3.09. The van der Waals surface area contributed by atoms with Crippen LogP contribution in [0.4, 0.5) is 5.69 Å². The highest BCUT2D eigenvalue weighted by Gasteiger charge is 2.17. The van der Waals surface area contributed by atoms with Gasteiger partial charge >= 0.3 is 0 Å². The normalized spacial score (nSPS) is 20.2. The minimum Gasteiger partial charge on any atom is -0.325 e. The standard InChI is InChI=1S/C18H29N3O3S/c1-14-4-3-10-21(12-14)13-15-5-7-16(8-6-15)20-18(22)17(19)9-11-25(2,23)24/h5-8,14,17H,3-4,9-13,19H2,1-2H3,(H,20,22). The lowest BCUT2D eigenvalue weighted by atomic mass is 10.00. The van der Waals surface area contributed by atoms with Crippen LogP contribution in [0.1, 0.15) is 31.7 Å². The van der Waals surface area contributed by atoms with Crippen molar-refractivity contribution in [2.24, 2.45) is 11.7 Å². The topological polar surface area (TPSA) is 92.5 Å². The van der Waals surface area contributed by atoms with E-state index in [2.05, 4.69) is 17.1 Å². The van der Waals surface area contributed by atoms with Gasteiger partial charge in [0.1, 0.15) is 9.84 Å². The Kier molecular flexibility index (Phi) is 6.98. The number of rotatable bonds is 7. The number of hydrogen-bond donors (Lipinski definition) is 2. The first-order chi connectivity index (χ1) is 11.7. The Morgan fingerprint density at radius 1 is 1.36 bits per heavy atom. The van der Waals surface area contributed by atoms with Gasteiger partial charge in [-0.2, -0.15) is 0 Å². The van der Waals surface area contributed by atoms with Crippen LogP contribution in [-0.2, 0) is 21.2 Å². The molecule has 0 aromatic heterocycles. The molecule has 2 rings (SSSR count). The van der Waals surface area contributed by atoms with Gasteiger partial charge in [-0.05, 0) is 49.4 Å². The Bertz CT molecular complexity index is 673. The first-order valence-corrected chi connectivity index (χ1v) is 10.8. The lowest BCUT2D eigenvalue weighted by Gasteiger charge is -2.30. The average Bonchev–Trinajstić information content (AvgIpc) is 2.53. The number of carbonyl (C=O) groups is 1. The molecule has 0 aliphatic carbocycles. The summed E-state index contributed by atoms with van der Waals surface area (Å²) < 4.78 is 22.3. The summed E-state index contributed by atoms with van der Waals surface area (Å²) in [5.41, 5.74) is 7.65. The number of nitrogens with one attached hydrogen (secondary N) is 1. The molecule has 1 aromatic rings. The molecule has 7 heteroatoms. The Balaban J connectivity index is 1.84. The SMILES string of the molecule is CC1CCCN(Cc2ccc(NC(=O)C(N)CCS(C)(=O)=O)cc2)C1. The Morgan fingerprint density at radius 3 is 2.64 bits per heavy atom. The third-order valence-electron chi connectivity index (χ3n) is 4.51. The molecule has 0 radical (unpaired) electrons. The number of piperidine rings is 1. The highest BCUT2D eigenvalue weighted by atomic mass is 32.2. The van der Waals surface area contributed by atoms with Gasteiger partial charge in [0.2, 0.25) is 5.91 Å². The number of amides is 1. The summed E-state index contributed by atoms with van der Waals surface area (Å²) in [5.74, 6) is 0.302. The first kappa shape index (κ1) is 19.9. The summed E-state index contributed by atoms with van der Waals surface area (Å²) in [4.78, 5) is 14.5. The maximum absolute atomic E-state index is 12.0.